The van der Waals surface area contributed by atoms with Crippen molar-refractivity contribution in [2.75, 3.05) is 12.3 Å². The van der Waals surface area contributed by atoms with Crippen LogP contribution >= 0.6 is 11.3 Å². The molecule has 0 aliphatic rings. The highest BCUT2D eigenvalue weighted by molar-refractivity contribution is 7.23. The summed E-state index contributed by atoms with van der Waals surface area (Å²) in [6.45, 7) is 2.03. The Balaban J connectivity index is 2.05. The molecule has 0 radical (unpaired) electrons. The Labute approximate surface area is 138 Å². The van der Waals surface area contributed by atoms with E-state index >= 15 is 0 Å². The number of carbonyl (C=O) groups is 1. The lowest BCUT2D eigenvalue weighted by atomic mass is 10.0. The van der Waals surface area contributed by atoms with Crippen LogP contribution in [0.4, 0.5) is 5.00 Å². The molecule has 0 aliphatic heterocycles. The fourth-order valence-electron chi connectivity index (χ4n) is 2.58. The molecule has 23 heavy (non-hydrogen) atoms. The molecule has 0 saturated carbocycles. The molecular weight excluding hydrogens is 310 g/mol. The molecule has 1 aromatic heterocycles. The summed E-state index contributed by atoms with van der Waals surface area (Å²) in [5, 5.41) is 11.6. The van der Waals surface area contributed by atoms with Crippen LogP contribution in [0.1, 0.15) is 28.4 Å². The molecule has 3 aromatic rings. The number of nitrogens with two attached hydrogens (primary N) is 1. The monoisotopic (exact) mass is 327 g/mol. The number of phenolic OH excluding ortho intramolecular Hbond substituents is 1. The number of carbonyl (C=O) groups excluding carboxylic acids is 1. The van der Waals surface area contributed by atoms with E-state index in [4.69, 9.17) is 10.5 Å². The van der Waals surface area contributed by atoms with Gasteiger partial charge in [-0.1, -0.05) is 42.5 Å². The third-order valence-electron chi connectivity index (χ3n) is 3.66. The van der Waals surface area contributed by atoms with Gasteiger partial charge in [0.15, 0.2) is 0 Å². The Bertz CT molecular complexity index is 856. The maximum Gasteiger partial charge on any atom is 0.341 e. The van der Waals surface area contributed by atoms with Crippen molar-refractivity contribution in [3.8, 4) is 5.75 Å². The number of rotatable bonds is 4. The van der Waals surface area contributed by atoms with Crippen molar-refractivity contribution in [3.63, 3.8) is 0 Å². The number of phenols is 1. The zero-order valence-corrected chi connectivity index (χ0v) is 13.5. The Kier molecular flexibility index (Phi) is 4.21. The molecule has 0 unspecified atom stereocenters. The highest BCUT2D eigenvalue weighted by atomic mass is 32.1. The smallest absolute Gasteiger partial charge is 0.341 e. The predicted octanol–water partition coefficient (Wildman–Crippen LogP) is 3.96. The summed E-state index contributed by atoms with van der Waals surface area (Å²) in [6, 6.07) is 13.6. The van der Waals surface area contributed by atoms with E-state index in [9.17, 15) is 9.90 Å². The number of aromatic hydroxyl groups is 1. The van der Waals surface area contributed by atoms with Crippen molar-refractivity contribution in [1.82, 2.24) is 0 Å². The van der Waals surface area contributed by atoms with Gasteiger partial charge in [-0.05, 0) is 18.1 Å². The molecule has 0 atom stereocenters. The summed E-state index contributed by atoms with van der Waals surface area (Å²) >= 11 is 1.21. The highest BCUT2D eigenvalue weighted by Crippen LogP contribution is 2.41. The van der Waals surface area contributed by atoms with Crippen LogP contribution in [-0.4, -0.2) is 17.7 Å². The first-order valence-electron chi connectivity index (χ1n) is 7.35. The van der Waals surface area contributed by atoms with Gasteiger partial charge in [0.25, 0.3) is 0 Å². The van der Waals surface area contributed by atoms with Crippen LogP contribution in [0.3, 0.4) is 0 Å². The van der Waals surface area contributed by atoms with Crippen LogP contribution in [0.15, 0.2) is 42.5 Å². The number of anilines is 1. The zero-order chi connectivity index (χ0) is 16.4. The molecule has 118 valence electrons. The first kappa shape index (κ1) is 15.4. The Morgan fingerprint density at radius 3 is 2.65 bits per heavy atom. The predicted molar refractivity (Wildman–Crippen MR) is 93.1 cm³/mol. The van der Waals surface area contributed by atoms with Crippen molar-refractivity contribution in [2.24, 2.45) is 0 Å². The molecule has 3 N–H and O–H groups in total. The number of benzene rings is 2. The second-order valence-corrected chi connectivity index (χ2v) is 6.23. The quantitative estimate of drug-likeness (QED) is 0.712. The average molecular weight is 327 g/mol. The molecule has 1 heterocycles. The number of nitrogen functional groups attached to an aromatic ring is 1. The third-order valence-corrected chi connectivity index (χ3v) is 4.70. The van der Waals surface area contributed by atoms with Crippen molar-refractivity contribution in [1.29, 1.82) is 0 Å². The van der Waals surface area contributed by atoms with Gasteiger partial charge in [0, 0.05) is 11.8 Å². The normalized spacial score (nSPS) is 10.8. The van der Waals surface area contributed by atoms with E-state index < -0.39 is 5.97 Å². The lowest BCUT2D eigenvalue weighted by Crippen LogP contribution is -2.06. The molecule has 0 amide bonds. The van der Waals surface area contributed by atoms with Crippen LogP contribution in [0.25, 0.3) is 10.1 Å². The van der Waals surface area contributed by atoms with Gasteiger partial charge >= 0.3 is 5.97 Å². The Hall–Kier alpha value is -2.53. The van der Waals surface area contributed by atoms with Gasteiger partial charge in [-0.2, -0.15) is 0 Å². The van der Waals surface area contributed by atoms with Crippen molar-refractivity contribution < 1.29 is 14.6 Å². The number of ether oxygens (including phenoxy) is 1. The Morgan fingerprint density at radius 1 is 1.22 bits per heavy atom. The standard InChI is InChI=1S/C18H17NO3S/c1-2-22-18(21)14-13-9-8-12(10-11-6-4-3-5-7-11)15(20)16(13)23-17(14)19/h3-9,20H,2,10,19H2,1H3. The zero-order valence-electron chi connectivity index (χ0n) is 12.7. The first-order valence-corrected chi connectivity index (χ1v) is 8.17. The topological polar surface area (TPSA) is 72.5 Å². The number of hydrogen-bond acceptors (Lipinski definition) is 5. The maximum atomic E-state index is 12.1. The summed E-state index contributed by atoms with van der Waals surface area (Å²) in [5.41, 5.74) is 8.22. The average Bonchev–Trinajstić information content (AvgIpc) is 2.88. The minimum atomic E-state index is -0.452. The van der Waals surface area contributed by atoms with Crippen LogP contribution in [-0.2, 0) is 11.2 Å². The number of hydrogen-bond donors (Lipinski definition) is 2. The van der Waals surface area contributed by atoms with Crippen LogP contribution in [0, 0.1) is 0 Å². The van der Waals surface area contributed by atoms with Crippen molar-refractivity contribution >= 4 is 32.4 Å². The van der Waals surface area contributed by atoms with Gasteiger partial charge < -0.3 is 15.6 Å². The molecular formula is C18H17NO3S. The van der Waals surface area contributed by atoms with E-state index in [1.165, 1.54) is 11.3 Å². The summed E-state index contributed by atoms with van der Waals surface area (Å²) in [7, 11) is 0. The molecule has 0 spiro atoms. The summed E-state index contributed by atoms with van der Waals surface area (Å²) in [6.07, 6.45) is 0.620. The third kappa shape index (κ3) is 2.87. The van der Waals surface area contributed by atoms with E-state index in [-0.39, 0.29) is 12.4 Å². The summed E-state index contributed by atoms with van der Waals surface area (Å²) in [4.78, 5) is 12.1. The molecule has 5 heteroatoms. The van der Waals surface area contributed by atoms with Gasteiger partial charge in [-0.15, -0.1) is 11.3 Å². The Morgan fingerprint density at radius 2 is 1.96 bits per heavy atom. The molecule has 0 aliphatic carbocycles. The fourth-order valence-corrected chi connectivity index (χ4v) is 3.60. The fraction of sp³-hybridized carbons (Fsp3) is 0.167. The lowest BCUT2D eigenvalue weighted by molar-refractivity contribution is 0.0530. The van der Waals surface area contributed by atoms with Crippen LogP contribution in [0.5, 0.6) is 5.75 Å². The minimum Gasteiger partial charge on any atom is -0.506 e. The van der Waals surface area contributed by atoms with Gasteiger partial charge in [0.2, 0.25) is 0 Å². The van der Waals surface area contributed by atoms with E-state index in [2.05, 4.69) is 0 Å². The molecule has 3 rings (SSSR count). The molecule has 2 aromatic carbocycles. The second-order valence-electron chi connectivity index (χ2n) is 5.17. The van der Waals surface area contributed by atoms with Gasteiger partial charge in [-0.3, -0.25) is 0 Å². The highest BCUT2D eigenvalue weighted by Gasteiger charge is 2.21. The maximum absolute atomic E-state index is 12.1. The summed E-state index contributed by atoms with van der Waals surface area (Å²) in [5.74, 6) is -0.273. The second kappa shape index (κ2) is 6.30. The van der Waals surface area contributed by atoms with Crippen LogP contribution < -0.4 is 5.73 Å². The van der Waals surface area contributed by atoms with Gasteiger partial charge in [0.1, 0.15) is 16.3 Å². The first-order chi connectivity index (χ1) is 11.1. The van der Waals surface area contributed by atoms with Crippen molar-refractivity contribution in [3.05, 3.63) is 59.2 Å². The van der Waals surface area contributed by atoms with Crippen LogP contribution in [0.2, 0.25) is 0 Å². The molecule has 0 fully saturated rings. The number of fused-ring (bicyclic) bond motifs is 1. The molecule has 0 saturated heterocycles. The lowest BCUT2D eigenvalue weighted by Gasteiger charge is -2.06. The van der Waals surface area contributed by atoms with Crippen molar-refractivity contribution in [2.45, 2.75) is 13.3 Å². The largest absolute Gasteiger partial charge is 0.506 e. The van der Waals surface area contributed by atoms with E-state index in [1.807, 2.05) is 42.5 Å². The van der Waals surface area contributed by atoms with Gasteiger partial charge in [-0.25, -0.2) is 4.79 Å². The van der Waals surface area contributed by atoms with E-state index in [0.29, 0.717) is 27.1 Å². The summed E-state index contributed by atoms with van der Waals surface area (Å²) < 4.78 is 5.67. The number of esters is 1. The van der Waals surface area contributed by atoms with Gasteiger partial charge in [0.05, 0.1) is 11.3 Å². The molecule has 0 bridgehead atoms. The SMILES string of the molecule is CCOC(=O)c1c(N)sc2c(O)c(Cc3ccccc3)ccc12. The van der Waals surface area contributed by atoms with E-state index in [0.717, 1.165) is 11.1 Å². The minimum absolute atomic E-state index is 0.179. The number of thiophene rings is 1. The van der Waals surface area contributed by atoms with E-state index in [1.54, 1.807) is 6.92 Å². The molecule has 4 nitrogen and oxygen atoms in total.